The molecule has 0 spiro atoms. The van der Waals surface area contributed by atoms with Gasteiger partial charge in [-0.2, -0.15) is 0 Å². The van der Waals surface area contributed by atoms with Crippen LogP contribution >= 0.6 is 0 Å². The van der Waals surface area contributed by atoms with Crippen LogP contribution in [0.15, 0.2) is 24.5 Å². The molecule has 0 amide bonds. The Bertz CT molecular complexity index is 309. The van der Waals surface area contributed by atoms with Gasteiger partial charge in [0.15, 0.2) is 0 Å². The van der Waals surface area contributed by atoms with Gasteiger partial charge in [0.1, 0.15) is 5.78 Å². The molecular formula is C12H18N2O. The lowest BCUT2D eigenvalue weighted by Gasteiger charge is -2.16. The summed E-state index contributed by atoms with van der Waals surface area (Å²) in [5, 5.41) is 0. The van der Waals surface area contributed by atoms with Crippen molar-refractivity contribution in [3.63, 3.8) is 0 Å². The maximum absolute atomic E-state index is 11.5. The highest BCUT2D eigenvalue weighted by atomic mass is 16.1. The summed E-state index contributed by atoms with van der Waals surface area (Å²) in [6, 6.07) is 3.94. The third kappa shape index (κ3) is 4.21. The molecule has 0 bridgehead atoms. The molecule has 1 aromatic heterocycles. The molecule has 82 valence electrons. The summed E-state index contributed by atoms with van der Waals surface area (Å²) in [4.78, 5) is 17.5. The van der Waals surface area contributed by atoms with Crippen molar-refractivity contribution >= 4 is 5.78 Å². The van der Waals surface area contributed by atoms with Gasteiger partial charge in [-0.05, 0) is 24.7 Å². The van der Waals surface area contributed by atoms with Gasteiger partial charge in [0.2, 0.25) is 0 Å². The van der Waals surface area contributed by atoms with E-state index >= 15 is 0 Å². The Kier molecular flexibility index (Phi) is 4.43. The average molecular weight is 206 g/mol. The van der Waals surface area contributed by atoms with Crippen LogP contribution in [0.4, 0.5) is 0 Å². The van der Waals surface area contributed by atoms with Crippen molar-refractivity contribution in [3.05, 3.63) is 30.1 Å². The zero-order valence-corrected chi connectivity index (χ0v) is 9.60. The minimum atomic E-state index is 0.116. The summed E-state index contributed by atoms with van der Waals surface area (Å²) < 4.78 is 0. The number of likely N-dealkylation sites (N-methyl/N-ethyl adjacent to an activating group) is 1. The number of carbonyl (C=O) groups excluding carboxylic acids is 1. The Balaban J connectivity index is 2.43. The van der Waals surface area contributed by atoms with Crippen molar-refractivity contribution in [2.75, 3.05) is 13.6 Å². The summed E-state index contributed by atoms with van der Waals surface area (Å²) in [6.45, 7) is 5.17. The van der Waals surface area contributed by atoms with Gasteiger partial charge in [-0.3, -0.25) is 14.7 Å². The predicted molar refractivity (Wildman–Crippen MR) is 60.4 cm³/mol. The maximum Gasteiger partial charge on any atom is 0.149 e. The summed E-state index contributed by atoms with van der Waals surface area (Å²) in [6.07, 6.45) is 3.54. The van der Waals surface area contributed by atoms with Crippen molar-refractivity contribution in [2.24, 2.45) is 5.92 Å². The zero-order valence-electron chi connectivity index (χ0n) is 9.60. The number of Topliss-reactive ketones (excluding diaryl/α,β-unsaturated/α-hetero) is 1. The summed E-state index contributed by atoms with van der Waals surface area (Å²) >= 11 is 0. The number of ketones is 1. The molecular weight excluding hydrogens is 188 g/mol. The van der Waals surface area contributed by atoms with Crippen molar-refractivity contribution in [2.45, 2.75) is 20.4 Å². The van der Waals surface area contributed by atoms with Gasteiger partial charge in [0, 0.05) is 24.9 Å². The lowest BCUT2D eigenvalue weighted by atomic mass is 10.1. The number of nitrogens with zero attached hydrogens (tertiary/aromatic N) is 2. The molecule has 1 heterocycles. The first kappa shape index (κ1) is 11.9. The van der Waals surface area contributed by atoms with Crippen LogP contribution in [0.25, 0.3) is 0 Å². The molecule has 0 fully saturated rings. The molecule has 0 aromatic carbocycles. The summed E-state index contributed by atoms with van der Waals surface area (Å²) in [5.74, 6) is 0.399. The minimum absolute atomic E-state index is 0.116. The van der Waals surface area contributed by atoms with Crippen molar-refractivity contribution in [1.29, 1.82) is 0 Å². The van der Waals surface area contributed by atoms with E-state index in [1.165, 1.54) is 5.56 Å². The molecule has 3 heteroatoms. The van der Waals surface area contributed by atoms with E-state index < -0.39 is 0 Å². The Morgan fingerprint density at radius 2 is 2.00 bits per heavy atom. The highest BCUT2D eigenvalue weighted by Gasteiger charge is 2.10. The van der Waals surface area contributed by atoms with Crippen LogP contribution in [0, 0.1) is 5.92 Å². The molecule has 3 nitrogen and oxygen atoms in total. The number of aromatic nitrogens is 1. The SMILES string of the molecule is CC(C)C(=O)CN(C)Cc1ccncc1. The average Bonchev–Trinajstić information content (AvgIpc) is 2.18. The molecule has 0 aliphatic carbocycles. The Morgan fingerprint density at radius 3 is 2.53 bits per heavy atom. The predicted octanol–water partition coefficient (Wildman–Crippen LogP) is 1.74. The number of hydrogen-bond donors (Lipinski definition) is 0. The van der Waals surface area contributed by atoms with E-state index in [2.05, 4.69) is 4.98 Å². The topological polar surface area (TPSA) is 33.2 Å². The first-order chi connectivity index (χ1) is 7.09. The second-order valence-electron chi connectivity index (χ2n) is 4.15. The molecule has 0 saturated carbocycles. The standard InChI is InChI=1S/C12H18N2O/c1-10(2)12(15)9-14(3)8-11-4-6-13-7-5-11/h4-7,10H,8-9H2,1-3H3. The van der Waals surface area contributed by atoms with E-state index in [9.17, 15) is 4.79 Å². The van der Waals surface area contributed by atoms with Crippen molar-refractivity contribution in [1.82, 2.24) is 9.88 Å². The van der Waals surface area contributed by atoms with Gasteiger partial charge in [0.05, 0.1) is 6.54 Å². The van der Waals surface area contributed by atoms with Crippen LogP contribution in [0.5, 0.6) is 0 Å². The Hall–Kier alpha value is -1.22. The van der Waals surface area contributed by atoms with Gasteiger partial charge in [-0.1, -0.05) is 13.8 Å². The highest BCUT2D eigenvalue weighted by molar-refractivity contribution is 5.82. The molecule has 0 saturated heterocycles. The van der Waals surface area contributed by atoms with Crippen LogP contribution < -0.4 is 0 Å². The summed E-state index contributed by atoms with van der Waals surface area (Å²) in [5.41, 5.74) is 1.18. The molecule has 1 aromatic rings. The fourth-order valence-corrected chi connectivity index (χ4v) is 1.30. The molecule has 15 heavy (non-hydrogen) atoms. The third-order valence-corrected chi connectivity index (χ3v) is 2.27. The van der Waals surface area contributed by atoms with E-state index in [1.807, 2.05) is 37.9 Å². The smallest absolute Gasteiger partial charge is 0.149 e. The van der Waals surface area contributed by atoms with Crippen LogP contribution in [0.1, 0.15) is 19.4 Å². The van der Waals surface area contributed by atoms with E-state index in [0.29, 0.717) is 6.54 Å². The first-order valence-corrected chi connectivity index (χ1v) is 5.19. The molecule has 0 atom stereocenters. The van der Waals surface area contributed by atoms with Crippen LogP contribution in [-0.4, -0.2) is 29.3 Å². The zero-order chi connectivity index (χ0) is 11.3. The number of rotatable bonds is 5. The second kappa shape index (κ2) is 5.61. The number of pyridine rings is 1. The maximum atomic E-state index is 11.5. The number of carbonyl (C=O) groups is 1. The minimum Gasteiger partial charge on any atom is -0.298 e. The van der Waals surface area contributed by atoms with E-state index in [1.54, 1.807) is 12.4 Å². The lowest BCUT2D eigenvalue weighted by molar-refractivity contribution is -0.122. The summed E-state index contributed by atoms with van der Waals surface area (Å²) in [7, 11) is 1.96. The number of hydrogen-bond acceptors (Lipinski definition) is 3. The quantitative estimate of drug-likeness (QED) is 0.735. The molecule has 0 aliphatic heterocycles. The van der Waals surface area contributed by atoms with E-state index in [0.717, 1.165) is 6.54 Å². The van der Waals surface area contributed by atoms with Gasteiger partial charge < -0.3 is 0 Å². The van der Waals surface area contributed by atoms with Crippen molar-refractivity contribution in [3.8, 4) is 0 Å². The van der Waals surface area contributed by atoms with Gasteiger partial charge in [0.25, 0.3) is 0 Å². The van der Waals surface area contributed by atoms with Crippen LogP contribution in [0.2, 0.25) is 0 Å². The van der Waals surface area contributed by atoms with Gasteiger partial charge in [-0.25, -0.2) is 0 Å². The van der Waals surface area contributed by atoms with Crippen LogP contribution in [-0.2, 0) is 11.3 Å². The Labute approximate surface area is 91.1 Å². The largest absolute Gasteiger partial charge is 0.298 e. The van der Waals surface area contributed by atoms with E-state index in [-0.39, 0.29) is 11.7 Å². The highest BCUT2D eigenvalue weighted by Crippen LogP contribution is 2.03. The second-order valence-corrected chi connectivity index (χ2v) is 4.15. The van der Waals surface area contributed by atoms with Gasteiger partial charge in [-0.15, -0.1) is 0 Å². The van der Waals surface area contributed by atoms with Crippen molar-refractivity contribution < 1.29 is 4.79 Å². The third-order valence-electron chi connectivity index (χ3n) is 2.27. The first-order valence-electron chi connectivity index (χ1n) is 5.19. The molecule has 0 aliphatic rings. The molecule has 0 N–H and O–H groups in total. The molecule has 1 rings (SSSR count). The lowest BCUT2D eigenvalue weighted by Crippen LogP contribution is -2.28. The normalized spacial score (nSPS) is 11.0. The van der Waals surface area contributed by atoms with Crippen LogP contribution in [0.3, 0.4) is 0 Å². The monoisotopic (exact) mass is 206 g/mol. The Morgan fingerprint density at radius 1 is 1.40 bits per heavy atom. The van der Waals surface area contributed by atoms with E-state index in [4.69, 9.17) is 0 Å². The fourth-order valence-electron chi connectivity index (χ4n) is 1.30. The fraction of sp³-hybridized carbons (Fsp3) is 0.500. The molecule has 0 unspecified atom stereocenters. The van der Waals surface area contributed by atoms with Gasteiger partial charge >= 0.3 is 0 Å². The molecule has 0 radical (unpaired) electrons.